The van der Waals surface area contributed by atoms with E-state index in [1.54, 1.807) is 4.90 Å². The Morgan fingerprint density at radius 2 is 1.58 bits per heavy atom. The molecule has 0 radical (unpaired) electrons. The largest absolute Gasteiger partial charge is 0.416 e. The molecule has 2 aliphatic rings. The van der Waals surface area contributed by atoms with Crippen molar-refractivity contribution in [1.29, 1.82) is 0 Å². The predicted molar refractivity (Wildman–Crippen MR) is 109 cm³/mol. The van der Waals surface area contributed by atoms with Crippen LogP contribution in [0.15, 0.2) is 30.3 Å². The number of nitrogens with zero attached hydrogens (tertiary/aromatic N) is 5. The number of rotatable bonds is 3. The van der Waals surface area contributed by atoms with Crippen molar-refractivity contribution in [1.82, 2.24) is 14.9 Å². The minimum absolute atomic E-state index is 0.253. The summed E-state index contributed by atoms with van der Waals surface area (Å²) in [4.78, 5) is 27.8. The van der Waals surface area contributed by atoms with Gasteiger partial charge in [0.2, 0.25) is 5.95 Å². The third kappa shape index (κ3) is 4.90. The van der Waals surface area contributed by atoms with Crippen LogP contribution < -0.4 is 9.80 Å². The van der Waals surface area contributed by atoms with Gasteiger partial charge in [-0.3, -0.25) is 4.79 Å². The number of aryl methyl sites for hydroxylation is 1. The molecule has 0 N–H and O–H groups in total. The summed E-state index contributed by atoms with van der Waals surface area (Å²) in [5.74, 6) is 1.23. The number of carbonyl (C=O) groups is 1. The number of amides is 1. The van der Waals surface area contributed by atoms with E-state index >= 15 is 0 Å². The predicted octanol–water partition coefficient (Wildman–Crippen LogP) is 2.60. The van der Waals surface area contributed by atoms with Crippen molar-refractivity contribution < 1.29 is 22.7 Å². The Hall–Kier alpha value is -2.88. The van der Waals surface area contributed by atoms with Crippen LogP contribution in [0, 0.1) is 6.92 Å². The quantitative estimate of drug-likeness (QED) is 0.739. The smallest absolute Gasteiger partial charge is 0.378 e. The first-order valence-corrected chi connectivity index (χ1v) is 10.2. The minimum atomic E-state index is -4.42. The van der Waals surface area contributed by atoms with E-state index in [4.69, 9.17) is 9.72 Å². The molecule has 0 spiro atoms. The zero-order chi connectivity index (χ0) is 22.0. The lowest BCUT2D eigenvalue weighted by atomic mass is 10.1. The van der Waals surface area contributed by atoms with Crippen molar-refractivity contribution in [2.75, 3.05) is 62.3 Å². The van der Waals surface area contributed by atoms with Crippen LogP contribution in [0.25, 0.3) is 0 Å². The van der Waals surface area contributed by atoms with Crippen molar-refractivity contribution in [2.24, 2.45) is 0 Å². The molecule has 0 bridgehead atoms. The van der Waals surface area contributed by atoms with Crippen molar-refractivity contribution in [3.05, 3.63) is 47.2 Å². The van der Waals surface area contributed by atoms with E-state index in [0.29, 0.717) is 45.3 Å². The summed E-state index contributed by atoms with van der Waals surface area (Å²) in [6.07, 6.45) is -4.42. The van der Waals surface area contributed by atoms with Crippen LogP contribution in [0.4, 0.5) is 24.9 Å². The van der Waals surface area contributed by atoms with Gasteiger partial charge in [0.05, 0.1) is 18.8 Å². The molecular formula is C21H24F3N5O2. The fourth-order valence-corrected chi connectivity index (χ4v) is 3.73. The second kappa shape index (κ2) is 8.70. The van der Waals surface area contributed by atoms with Gasteiger partial charge in [-0.2, -0.15) is 18.2 Å². The summed E-state index contributed by atoms with van der Waals surface area (Å²) in [7, 11) is 0. The number of aromatic nitrogens is 2. The number of hydrogen-bond acceptors (Lipinski definition) is 6. The van der Waals surface area contributed by atoms with E-state index in [1.165, 1.54) is 12.1 Å². The number of hydrogen-bond donors (Lipinski definition) is 0. The number of carbonyl (C=O) groups excluding carboxylic acids is 1. The number of morpholine rings is 1. The van der Waals surface area contributed by atoms with Gasteiger partial charge >= 0.3 is 6.18 Å². The van der Waals surface area contributed by atoms with Crippen molar-refractivity contribution in [3.8, 4) is 0 Å². The van der Waals surface area contributed by atoms with Gasteiger partial charge in [-0.25, -0.2) is 4.98 Å². The maximum Gasteiger partial charge on any atom is 0.416 e. The average Bonchev–Trinajstić information content (AvgIpc) is 2.78. The molecule has 2 aliphatic heterocycles. The van der Waals surface area contributed by atoms with E-state index < -0.39 is 11.7 Å². The Kier molecular flexibility index (Phi) is 5.99. The van der Waals surface area contributed by atoms with Crippen LogP contribution in [0.1, 0.15) is 21.6 Å². The van der Waals surface area contributed by atoms with Gasteiger partial charge in [0, 0.05) is 56.6 Å². The normalized spacial score (nSPS) is 17.7. The number of halogens is 3. The Morgan fingerprint density at radius 3 is 2.19 bits per heavy atom. The molecule has 0 atom stereocenters. The van der Waals surface area contributed by atoms with E-state index in [9.17, 15) is 18.0 Å². The number of anilines is 2. The van der Waals surface area contributed by atoms with Gasteiger partial charge < -0.3 is 19.4 Å². The first kappa shape index (κ1) is 21.4. The summed E-state index contributed by atoms with van der Waals surface area (Å²) in [6.45, 7) is 6.84. The summed E-state index contributed by atoms with van der Waals surface area (Å²) in [5, 5.41) is 0. The van der Waals surface area contributed by atoms with Crippen LogP contribution in [0.2, 0.25) is 0 Å². The Labute approximate surface area is 178 Å². The standard InChI is InChI=1S/C21H24F3N5O2/c1-15-14-18(27-10-12-31-13-11-27)26-20(25-15)29-8-6-28(7-9-29)19(30)16-2-4-17(5-3-16)21(22,23)24/h2-5,14H,6-13H2,1H3. The topological polar surface area (TPSA) is 61.8 Å². The van der Waals surface area contributed by atoms with Crippen LogP contribution >= 0.6 is 0 Å². The molecular weight excluding hydrogens is 411 g/mol. The average molecular weight is 435 g/mol. The molecule has 4 rings (SSSR count). The zero-order valence-electron chi connectivity index (χ0n) is 17.2. The molecule has 1 aromatic heterocycles. The summed E-state index contributed by atoms with van der Waals surface area (Å²) in [5.41, 5.74) is 0.360. The molecule has 1 amide bonds. The molecule has 2 aromatic rings. The molecule has 1 aromatic carbocycles. The Bertz CT molecular complexity index is 922. The van der Waals surface area contributed by atoms with Crippen molar-refractivity contribution in [3.63, 3.8) is 0 Å². The molecule has 31 heavy (non-hydrogen) atoms. The fraction of sp³-hybridized carbons (Fsp3) is 0.476. The molecule has 7 nitrogen and oxygen atoms in total. The lowest BCUT2D eigenvalue weighted by Crippen LogP contribution is -2.49. The summed E-state index contributed by atoms with van der Waals surface area (Å²) >= 11 is 0. The molecule has 10 heteroatoms. The lowest BCUT2D eigenvalue weighted by molar-refractivity contribution is -0.137. The number of alkyl halides is 3. The number of ether oxygens (including phenoxy) is 1. The molecule has 0 aliphatic carbocycles. The second-order valence-corrected chi connectivity index (χ2v) is 7.62. The highest BCUT2D eigenvalue weighted by molar-refractivity contribution is 5.94. The second-order valence-electron chi connectivity index (χ2n) is 7.62. The Balaban J connectivity index is 1.40. The lowest BCUT2D eigenvalue weighted by Gasteiger charge is -2.35. The van der Waals surface area contributed by atoms with Crippen LogP contribution in [-0.2, 0) is 10.9 Å². The maximum absolute atomic E-state index is 12.7. The summed E-state index contributed by atoms with van der Waals surface area (Å²) in [6, 6.07) is 6.30. The van der Waals surface area contributed by atoms with Gasteiger partial charge in [0.15, 0.2) is 0 Å². The monoisotopic (exact) mass is 435 g/mol. The highest BCUT2D eigenvalue weighted by atomic mass is 19.4. The highest BCUT2D eigenvalue weighted by Crippen LogP contribution is 2.29. The zero-order valence-corrected chi connectivity index (χ0v) is 17.2. The van der Waals surface area contributed by atoms with E-state index in [1.807, 2.05) is 17.9 Å². The molecule has 2 saturated heterocycles. The van der Waals surface area contributed by atoms with Gasteiger partial charge in [-0.05, 0) is 31.2 Å². The first-order chi connectivity index (χ1) is 14.8. The first-order valence-electron chi connectivity index (χ1n) is 10.2. The van der Waals surface area contributed by atoms with E-state index in [2.05, 4.69) is 9.88 Å². The van der Waals surface area contributed by atoms with Gasteiger partial charge in [0.25, 0.3) is 5.91 Å². The minimum Gasteiger partial charge on any atom is -0.378 e. The van der Waals surface area contributed by atoms with Crippen molar-refractivity contribution >= 4 is 17.7 Å². The van der Waals surface area contributed by atoms with E-state index in [-0.39, 0.29) is 11.5 Å². The van der Waals surface area contributed by atoms with Gasteiger partial charge in [-0.15, -0.1) is 0 Å². The maximum atomic E-state index is 12.7. The molecule has 0 unspecified atom stereocenters. The fourth-order valence-electron chi connectivity index (χ4n) is 3.73. The third-order valence-corrected chi connectivity index (χ3v) is 5.47. The van der Waals surface area contributed by atoms with E-state index in [0.717, 1.165) is 36.7 Å². The van der Waals surface area contributed by atoms with Crippen LogP contribution in [0.3, 0.4) is 0 Å². The van der Waals surface area contributed by atoms with Gasteiger partial charge in [0.1, 0.15) is 5.82 Å². The van der Waals surface area contributed by atoms with Crippen LogP contribution in [0.5, 0.6) is 0 Å². The Morgan fingerprint density at radius 1 is 0.935 bits per heavy atom. The molecule has 0 saturated carbocycles. The SMILES string of the molecule is Cc1cc(N2CCOCC2)nc(N2CCN(C(=O)c3ccc(C(F)(F)F)cc3)CC2)n1. The molecule has 2 fully saturated rings. The van der Waals surface area contributed by atoms with Crippen molar-refractivity contribution in [2.45, 2.75) is 13.1 Å². The molecule has 3 heterocycles. The molecule has 166 valence electrons. The van der Waals surface area contributed by atoms with Gasteiger partial charge in [-0.1, -0.05) is 0 Å². The highest BCUT2D eigenvalue weighted by Gasteiger charge is 2.31. The number of benzene rings is 1. The number of piperazine rings is 1. The third-order valence-electron chi connectivity index (χ3n) is 5.47. The summed E-state index contributed by atoms with van der Waals surface area (Å²) < 4.78 is 43.6. The van der Waals surface area contributed by atoms with Crippen LogP contribution in [-0.4, -0.2) is 73.3 Å².